The topological polar surface area (TPSA) is 35.8 Å². The molecule has 0 spiro atoms. The molecule has 1 aromatic heterocycles. The average molecular weight is 321 g/mol. The van der Waals surface area contributed by atoms with E-state index in [9.17, 15) is 0 Å². The minimum absolute atomic E-state index is 0.718. The van der Waals surface area contributed by atoms with Crippen LogP contribution in [0.25, 0.3) is 0 Å². The summed E-state index contributed by atoms with van der Waals surface area (Å²) in [5.41, 5.74) is 2.05. The Morgan fingerprint density at radius 3 is 2.14 bits per heavy atom. The minimum Gasteiger partial charge on any atom is -0.262 e. The van der Waals surface area contributed by atoms with E-state index < -0.39 is 0 Å². The third-order valence-corrected chi connectivity index (χ3v) is 3.07. The highest BCUT2D eigenvalue weighted by atomic mass is 32.1. The van der Waals surface area contributed by atoms with Crippen LogP contribution in [0.4, 0.5) is 0 Å². The van der Waals surface area contributed by atoms with Crippen LogP contribution in [0.1, 0.15) is 36.8 Å². The van der Waals surface area contributed by atoms with E-state index in [2.05, 4.69) is 63.4 Å². The summed E-state index contributed by atoms with van der Waals surface area (Å²) in [6.45, 7) is 9.30. The molecule has 2 nitrogen and oxygen atoms in total. The van der Waals surface area contributed by atoms with E-state index in [4.69, 9.17) is 5.26 Å². The van der Waals surface area contributed by atoms with Crippen LogP contribution < -0.4 is 4.72 Å². The van der Waals surface area contributed by atoms with E-state index in [1.165, 1.54) is 5.56 Å². The van der Waals surface area contributed by atoms with E-state index in [0.29, 0.717) is 0 Å². The van der Waals surface area contributed by atoms with Gasteiger partial charge < -0.3 is 0 Å². The molecule has 0 aliphatic rings. The van der Waals surface area contributed by atoms with Gasteiger partial charge in [-0.15, -0.1) is 11.3 Å². The first-order valence-corrected chi connectivity index (χ1v) is 8.18. The lowest BCUT2D eigenvalue weighted by Gasteiger charge is -1.88. The van der Waals surface area contributed by atoms with Gasteiger partial charge in [-0.25, -0.2) is 0 Å². The molecule has 0 saturated heterocycles. The fourth-order valence-electron chi connectivity index (χ4n) is 1.14. The van der Waals surface area contributed by atoms with Crippen molar-refractivity contribution in [1.82, 2.24) is 4.72 Å². The molecule has 0 saturated carbocycles. The third kappa shape index (κ3) is 12.2. The molecule has 0 aliphatic carbocycles. The molecule has 0 atom stereocenters. The molecule has 2 aromatic rings. The lowest BCUT2D eigenvalue weighted by Crippen LogP contribution is -1.94. The van der Waals surface area contributed by atoms with Crippen molar-refractivity contribution in [2.45, 2.75) is 34.2 Å². The number of hydrogen-bond acceptors (Lipinski definition) is 4. The first-order valence-electron chi connectivity index (χ1n) is 6.85. The maximum atomic E-state index is 8.44. The van der Waals surface area contributed by atoms with Crippen LogP contribution in [0.3, 0.4) is 0 Å². The van der Waals surface area contributed by atoms with Gasteiger partial charge in [-0.3, -0.25) is 4.72 Å². The summed E-state index contributed by atoms with van der Waals surface area (Å²) >= 11 is 5.41. The molecule has 1 heterocycles. The average Bonchev–Trinajstić information content (AvgIpc) is 2.88. The Hall–Kier alpha value is -1.28. The summed E-state index contributed by atoms with van der Waals surface area (Å²) in [4.78, 5) is 1.13. The second-order valence-corrected chi connectivity index (χ2v) is 6.45. The number of nitriles is 1. The molecule has 0 unspecified atom stereocenters. The maximum Gasteiger partial charge on any atom is 0.100 e. The fourth-order valence-corrected chi connectivity index (χ4v) is 2.17. The Morgan fingerprint density at radius 1 is 1.24 bits per heavy atom. The van der Waals surface area contributed by atoms with Crippen LogP contribution >= 0.6 is 24.2 Å². The van der Waals surface area contributed by atoms with Crippen LogP contribution in [0, 0.1) is 24.2 Å². The van der Waals surface area contributed by atoms with Crippen molar-refractivity contribution in [3.8, 4) is 6.07 Å². The van der Waals surface area contributed by atoms with Gasteiger partial charge in [-0.1, -0.05) is 69.5 Å². The molecular weight excluding hydrogens is 296 g/mol. The van der Waals surface area contributed by atoms with Crippen molar-refractivity contribution < 1.29 is 0 Å². The lowest BCUT2D eigenvalue weighted by molar-refractivity contribution is 0.737. The zero-order chi connectivity index (χ0) is 16.1. The smallest absolute Gasteiger partial charge is 0.100 e. The highest BCUT2D eigenvalue weighted by molar-refractivity contribution is 7.78. The second-order valence-electron chi connectivity index (χ2n) is 5.14. The van der Waals surface area contributed by atoms with E-state index in [1.54, 1.807) is 11.3 Å². The first-order chi connectivity index (χ1) is 9.99. The molecule has 4 heteroatoms. The van der Waals surface area contributed by atoms with Gasteiger partial charge in [0.15, 0.2) is 0 Å². The van der Waals surface area contributed by atoms with Gasteiger partial charge in [0.05, 0.1) is 5.56 Å². The molecule has 1 aromatic carbocycles. The van der Waals surface area contributed by atoms with E-state index in [1.807, 2.05) is 29.6 Å². The second kappa shape index (κ2) is 12.5. The summed E-state index contributed by atoms with van der Waals surface area (Å²) in [5, 5.41) is 10.3. The quantitative estimate of drug-likeness (QED) is 0.745. The Morgan fingerprint density at radius 2 is 1.81 bits per heavy atom. The van der Waals surface area contributed by atoms with Crippen LogP contribution in [-0.2, 0) is 6.54 Å². The molecule has 21 heavy (non-hydrogen) atoms. The molecule has 0 amide bonds. The normalized spacial score (nSPS) is 9.00. The number of nitrogens with one attached hydrogen (secondary N) is 1. The molecule has 114 valence electrons. The maximum absolute atomic E-state index is 8.44. The van der Waals surface area contributed by atoms with Crippen molar-refractivity contribution in [3.63, 3.8) is 0 Å². The third-order valence-electron chi connectivity index (χ3n) is 1.98. The Bertz CT molecular complexity index is 510. The van der Waals surface area contributed by atoms with Crippen molar-refractivity contribution in [3.05, 3.63) is 57.8 Å². The number of hydrogen-bond donors (Lipinski definition) is 2. The molecule has 0 radical (unpaired) electrons. The van der Waals surface area contributed by atoms with Gasteiger partial charge in [0.25, 0.3) is 0 Å². The molecule has 0 fully saturated rings. The Kier molecular flexibility index (Phi) is 11.7. The van der Waals surface area contributed by atoms with Crippen LogP contribution in [-0.4, -0.2) is 0 Å². The molecule has 0 aliphatic heterocycles. The summed E-state index contributed by atoms with van der Waals surface area (Å²) in [6.07, 6.45) is 0. The number of rotatable bonds is 2. The van der Waals surface area contributed by atoms with Gasteiger partial charge in [0, 0.05) is 16.8 Å². The van der Waals surface area contributed by atoms with Crippen molar-refractivity contribution in [2.75, 3.05) is 0 Å². The SMILES string of the molecule is CC(C)C.Cc1ccccc1.N#Cc1csc(CNS)c1. The zero-order valence-corrected chi connectivity index (χ0v) is 14.8. The Balaban J connectivity index is 0.000000317. The highest BCUT2D eigenvalue weighted by Gasteiger charge is 1.95. The number of aryl methyl sites for hydroxylation is 1. The van der Waals surface area contributed by atoms with Crippen LogP contribution in [0.2, 0.25) is 0 Å². The summed E-state index contributed by atoms with van der Waals surface area (Å²) in [5.74, 6) is 0.833. The van der Waals surface area contributed by atoms with E-state index in [-0.39, 0.29) is 0 Å². The van der Waals surface area contributed by atoms with Gasteiger partial charge in [0.2, 0.25) is 0 Å². The zero-order valence-electron chi connectivity index (χ0n) is 13.1. The standard InChI is InChI=1S/C7H8.C6H6N2S2.C4H10/c1-7-5-3-2-4-6-7;7-2-5-1-6(3-8-9)10-4-5;1-4(2)3/h2-6H,1H3;1,4,8-9H,3H2;4H,1-3H3. The largest absolute Gasteiger partial charge is 0.262 e. The summed E-state index contributed by atoms with van der Waals surface area (Å²) in [7, 11) is 0. The monoisotopic (exact) mass is 320 g/mol. The van der Waals surface area contributed by atoms with Crippen LogP contribution in [0.15, 0.2) is 41.8 Å². The molecule has 0 bridgehead atoms. The first kappa shape index (κ1) is 19.7. The Labute approximate surface area is 138 Å². The molecule has 1 N–H and O–H groups in total. The van der Waals surface area contributed by atoms with Gasteiger partial charge in [-0.05, 0) is 18.9 Å². The number of thiol groups is 1. The lowest BCUT2D eigenvalue weighted by atomic mass is 10.2. The predicted molar refractivity (Wildman–Crippen MR) is 96.6 cm³/mol. The van der Waals surface area contributed by atoms with E-state index in [0.717, 1.165) is 22.9 Å². The van der Waals surface area contributed by atoms with Gasteiger partial charge in [0.1, 0.15) is 6.07 Å². The number of thiophene rings is 1. The van der Waals surface area contributed by atoms with Gasteiger partial charge >= 0.3 is 0 Å². The minimum atomic E-state index is 0.718. The molecular formula is C17H24N2S2. The summed E-state index contributed by atoms with van der Waals surface area (Å²) in [6, 6.07) is 14.2. The number of nitrogens with zero attached hydrogens (tertiary/aromatic N) is 1. The van der Waals surface area contributed by atoms with Crippen LogP contribution in [0.5, 0.6) is 0 Å². The van der Waals surface area contributed by atoms with Crippen molar-refractivity contribution in [1.29, 1.82) is 5.26 Å². The predicted octanol–water partition coefficient (Wildman–Crippen LogP) is 5.21. The molecule has 2 rings (SSSR count). The van der Waals surface area contributed by atoms with Gasteiger partial charge in [-0.2, -0.15) is 5.26 Å². The highest BCUT2D eigenvalue weighted by Crippen LogP contribution is 2.13. The van der Waals surface area contributed by atoms with Crippen molar-refractivity contribution in [2.24, 2.45) is 5.92 Å². The number of benzene rings is 1. The fraction of sp³-hybridized carbons (Fsp3) is 0.353. The van der Waals surface area contributed by atoms with Crippen molar-refractivity contribution >= 4 is 24.2 Å². The van der Waals surface area contributed by atoms with E-state index >= 15 is 0 Å². The summed E-state index contributed by atoms with van der Waals surface area (Å²) < 4.78 is 2.72.